The van der Waals surface area contributed by atoms with Crippen LogP contribution in [0.3, 0.4) is 0 Å². The van der Waals surface area contributed by atoms with E-state index in [1.165, 1.54) is 25.3 Å². The molecule has 0 spiro atoms. The summed E-state index contributed by atoms with van der Waals surface area (Å²) in [5, 5.41) is 11.0. The van der Waals surface area contributed by atoms with Gasteiger partial charge in [-0.15, -0.1) is 12.4 Å². The van der Waals surface area contributed by atoms with Crippen molar-refractivity contribution in [3.63, 3.8) is 0 Å². The van der Waals surface area contributed by atoms with Gasteiger partial charge >= 0.3 is 12.4 Å². The number of Topliss-reactive ketones (excluding diaryl/α,β-unsaturated/α-hetero) is 2. The van der Waals surface area contributed by atoms with Crippen LogP contribution in [0, 0.1) is 0 Å². The van der Waals surface area contributed by atoms with E-state index in [9.17, 15) is 35.9 Å². The number of fused-ring (bicyclic) bond motifs is 4. The molecular formula is C32H32Cl2F6N12O4. The number of carbonyl (C=O) groups is 2. The molecule has 2 aliphatic heterocycles. The summed E-state index contributed by atoms with van der Waals surface area (Å²) >= 11 is 5.68. The van der Waals surface area contributed by atoms with Crippen molar-refractivity contribution in [2.24, 2.45) is 0 Å². The Bertz CT molecular complexity index is 2250. The SMILES string of the molecule is Cl.Clc1ncnc2nc[nH]c12.O=C(CCCC(F)(F)F)c1noc2c1CN(c1ncnc3nc[nH]c13)CC2.O=C(CCCC(F)(F)F)c1noc2c1CNCC2. The summed E-state index contributed by atoms with van der Waals surface area (Å²) in [7, 11) is 0. The predicted molar refractivity (Wildman–Crippen MR) is 187 cm³/mol. The van der Waals surface area contributed by atoms with Gasteiger partial charge in [-0.2, -0.15) is 26.3 Å². The molecule has 0 bridgehead atoms. The molecule has 0 saturated carbocycles. The van der Waals surface area contributed by atoms with Gasteiger partial charge in [0, 0.05) is 69.3 Å². The number of hydrogen-bond donors (Lipinski definition) is 3. The maximum Gasteiger partial charge on any atom is 0.389 e. The van der Waals surface area contributed by atoms with Crippen LogP contribution in [0.5, 0.6) is 0 Å². The Balaban J connectivity index is 0.000000177. The quantitative estimate of drug-likeness (QED) is 0.0809. The molecule has 6 aromatic heterocycles. The summed E-state index contributed by atoms with van der Waals surface area (Å²) in [5.74, 6) is 1.06. The van der Waals surface area contributed by atoms with Crippen molar-refractivity contribution in [2.45, 2.75) is 76.8 Å². The Morgan fingerprint density at radius 3 is 1.91 bits per heavy atom. The van der Waals surface area contributed by atoms with E-state index in [1.807, 2.05) is 4.90 Å². The number of aromatic nitrogens is 10. The lowest BCUT2D eigenvalue weighted by atomic mass is 10.0. The summed E-state index contributed by atoms with van der Waals surface area (Å²) < 4.78 is 83.0. The Morgan fingerprint density at radius 1 is 0.750 bits per heavy atom. The molecule has 300 valence electrons. The molecule has 56 heavy (non-hydrogen) atoms. The summed E-state index contributed by atoms with van der Waals surface area (Å²) in [6, 6.07) is 0. The second-order valence-electron chi connectivity index (χ2n) is 12.3. The Morgan fingerprint density at radius 2 is 1.30 bits per heavy atom. The molecule has 24 heteroatoms. The van der Waals surface area contributed by atoms with Gasteiger partial charge < -0.3 is 29.2 Å². The topological polar surface area (TPSA) is 210 Å². The van der Waals surface area contributed by atoms with E-state index in [-0.39, 0.29) is 55.3 Å². The van der Waals surface area contributed by atoms with Crippen LogP contribution in [0.4, 0.5) is 32.2 Å². The van der Waals surface area contributed by atoms with Gasteiger partial charge in [0.1, 0.15) is 35.2 Å². The van der Waals surface area contributed by atoms with Gasteiger partial charge in [0.2, 0.25) is 0 Å². The molecule has 0 fully saturated rings. The molecule has 0 aromatic carbocycles. The zero-order valence-electron chi connectivity index (χ0n) is 29.0. The first-order valence-electron chi connectivity index (χ1n) is 16.8. The second kappa shape index (κ2) is 18.2. The van der Waals surface area contributed by atoms with Gasteiger partial charge in [-0.3, -0.25) is 9.59 Å². The fourth-order valence-electron chi connectivity index (χ4n) is 5.83. The predicted octanol–water partition coefficient (Wildman–Crippen LogP) is 6.48. The van der Waals surface area contributed by atoms with Crippen molar-refractivity contribution in [3.8, 4) is 0 Å². The Kier molecular flexibility index (Phi) is 13.6. The van der Waals surface area contributed by atoms with Crippen LogP contribution in [0.25, 0.3) is 22.3 Å². The molecule has 0 unspecified atom stereocenters. The normalized spacial score (nSPS) is 13.9. The van der Waals surface area contributed by atoms with Crippen molar-refractivity contribution < 1.29 is 45.0 Å². The number of hydrogen-bond acceptors (Lipinski definition) is 14. The van der Waals surface area contributed by atoms with E-state index in [1.54, 1.807) is 0 Å². The van der Waals surface area contributed by atoms with E-state index >= 15 is 0 Å². The highest BCUT2D eigenvalue weighted by Gasteiger charge is 2.31. The van der Waals surface area contributed by atoms with E-state index in [4.69, 9.17) is 20.6 Å². The number of rotatable bonds is 9. The average Bonchev–Trinajstić information content (AvgIpc) is 3.97. The second-order valence-corrected chi connectivity index (χ2v) is 12.7. The molecule has 6 aromatic rings. The van der Waals surface area contributed by atoms with Crippen molar-refractivity contribution >= 4 is 63.7 Å². The molecule has 8 heterocycles. The minimum atomic E-state index is -4.28. The van der Waals surface area contributed by atoms with Gasteiger partial charge in [0.05, 0.1) is 19.2 Å². The van der Waals surface area contributed by atoms with Gasteiger partial charge in [0.15, 0.2) is 45.2 Å². The van der Waals surface area contributed by atoms with Crippen LogP contribution in [-0.2, 0) is 25.9 Å². The minimum absolute atomic E-state index is 0. The summed E-state index contributed by atoms with van der Waals surface area (Å²) in [6.45, 7) is 2.16. The monoisotopic (exact) mass is 832 g/mol. The van der Waals surface area contributed by atoms with Crippen LogP contribution < -0.4 is 10.2 Å². The molecule has 3 N–H and O–H groups in total. The first-order valence-corrected chi connectivity index (χ1v) is 17.2. The number of H-pyrrole nitrogens is 2. The van der Waals surface area contributed by atoms with Crippen LogP contribution in [0.1, 0.15) is 82.1 Å². The third-order valence-corrected chi connectivity index (χ3v) is 8.75. The van der Waals surface area contributed by atoms with Gasteiger partial charge in [-0.05, 0) is 12.8 Å². The molecule has 0 aliphatic carbocycles. The number of nitrogens with zero attached hydrogens (tertiary/aromatic N) is 9. The number of nitrogens with one attached hydrogen (secondary N) is 3. The molecule has 0 amide bonds. The lowest BCUT2D eigenvalue weighted by molar-refractivity contribution is -0.136. The number of ketones is 2. The van der Waals surface area contributed by atoms with E-state index in [0.29, 0.717) is 88.4 Å². The highest BCUT2D eigenvalue weighted by molar-refractivity contribution is 6.33. The highest BCUT2D eigenvalue weighted by Crippen LogP contribution is 2.30. The molecule has 16 nitrogen and oxygen atoms in total. The van der Waals surface area contributed by atoms with Gasteiger partial charge in [-0.25, -0.2) is 29.9 Å². The smallest absolute Gasteiger partial charge is 0.360 e. The van der Waals surface area contributed by atoms with Crippen molar-refractivity contribution in [1.82, 2.24) is 55.5 Å². The maximum absolute atomic E-state index is 12.3. The van der Waals surface area contributed by atoms with Crippen LogP contribution >= 0.6 is 24.0 Å². The van der Waals surface area contributed by atoms with Crippen LogP contribution in [0.15, 0.2) is 34.4 Å². The fraction of sp³-hybridized carbons (Fsp3) is 0.438. The lowest BCUT2D eigenvalue weighted by Gasteiger charge is -2.27. The van der Waals surface area contributed by atoms with Gasteiger partial charge in [0.25, 0.3) is 0 Å². The minimum Gasteiger partial charge on any atom is -0.360 e. The van der Waals surface area contributed by atoms with Crippen molar-refractivity contribution in [3.05, 3.63) is 64.5 Å². The lowest BCUT2D eigenvalue weighted by Crippen LogP contribution is -2.31. The van der Waals surface area contributed by atoms with E-state index in [0.717, 1.165) is 6.54 Å². The third-order valence-electron chi connectivity index (χ3n) is 8.46. The van der Waals surface area contributed by atoms with Crippen LogP contribution in [-0.4, -0.2) is 87.2 Å². The van der Waals surface area contributed by atoms with Crippen molar-refractivity contribution in [2.75, 3.05) is 18.0 Å². The summed E-state index contributed by atoms with van der Waals surface area (Å²) in [4.78, 5) is 55.8. The van der Waals surface area contributed by atoms with E-state index in [2.05, 4.69) is 55.5 Å². The maximum atomic E-state index is 12.3. The third kappa shape index (κ3) is 10.5. The first kappa shape index (κ1) is 41.9. The number of anilines is 1. The number of alkyl halides is 6. The van der Waals surface area contributed by atoms with E-state index < -0.39 is 31.0 Å². The zero-order chi connectivity index (χ0) is 39.2. The zero-order valence-corrected chi connectivity index (χ0v) is 30.6. The first-order chi connectivity index (χ1) is 26.3. The molecule has 0 radical (unpaired) electrons. The molecular weight excluding hydrogens is 801 g/mol. The average molecular weight is 834 g/mol. The van der Waals surface area contributed by atoms with Gasteiger partial charge in [-0.1, -0.05) is 21.9 Å². The highest BCUT2D eigenvalue weighted by atomic mass is 35.5. The number of carbonyl (C=O) groups excluding carboxylic acids is 2. The number of halogens is 8. The molecule has 0 atom stereocenters. The molecule has 8 rings (SSSR count). The van der Waals surface area contributed by atoms with Crippen molar-refractivity contribution in [1.29, 1.82) is 0 Å². The number of imidazole rings is 2. The Labute approximate surface area is 323 Å². The number of aromatic amines is 2. The Hall–Kier alpha value is -5.22. The summed E-state index contributed by atoms with van der Waals surface area (Å²) in [5.41, 5.74) is 4.06. The largest absolute Gasteiger partial charge is 0.389 e. The molecule has 2 aliphatic rings. The fourth-order valence-corrected chi connectivity index (χ4v) is 6.01. The van der Waals surface area contributed by atoms with Crippen LogP contribution in [0.2, 0.25) is 5.15 Å². The standard InChI is InChI=1S/C16H15F3N6O2.C11H13F3N2O2.C5H3ClN4.ClH/c17-16(18,19)4-1-2-10(26)12-9-6-25(5-3-11(9)27-24-12)15-13-14(21-7-20-13)22-8-23-15;12-11(13,14)4-1-2-8(17)10-7-6-15-5-3-9(7)18-16-10;6-4-3-5(9-1-7-3)10-2-8-4;/h7-8H,1-6H2,(H,20,21,22,23);15H,1-6H2;1-2H,(H,7,8,9,10);1H. The molecule has 0 saturated heterocycles. The summed E-state index contributed by atoms with van der Waals surface area (Å²) in [6.07, 6.45) is -4.29.